The first-order valence-electron chi connectivity index (χ1n) is 6.23. The minimum Gasteiger partial charge on any atom is -0.459 e. The van der Waals surface area contributed by atoms with Crippen molar-refractivity contribution in [1.29, 1.82) is 0 Å². The van der Waals surface area contributed by atoms with Crippen LogP contribution in [-0.2, 0) is 4.74 Å². The van der Waals surface area contributed by atoms with Crippen LogP contribution in [0.2, 0.25) is 0 Å². The molecule has 0 bridgehead atoms. The Labute approximate surface area is 105 Å². The second-order valence-electron chi connectivity index (χ2n) is 4.92. The van der Waals surface area contributed by atoms with Crippen molar-refractivity contribution in [3.63, 3.8) is 0 Å². The zero-order valence-electron chi connectivity index (χ0n) is 10.2. The molecule has 1 aromatic carbocycles. The number of halogens is 1. The van der Waals surface area contributed by atoms with Gasteiger partial charge in [-0.1, -0.05) is 0 Å². The van der Waals surface area contributed by atoms with Gasteiger partial charge in [0.1, 0.15) is 17.2 Å². The molecule has 1 aliphatic rings. The third-order valence-electron chi connectivity index (χ3n) is 3.49. The van der Waals surface area contributed by atoms with Crippen LogP contribution in [0.1, 0.15) is 31.6 Å². The molecule has 2 N–H and O–H groups in total. The summed E-state index contributed by atoms with van der Waals surface area (Å²) < 4.78 is 24.5. The number of hydrogen-bond acceptors (Lipinski definition) is 3. The monoisotopic (exact) mass is 249 g/mol. The SMILES string of the molecule is CC1CCC(C(N)c2cc3cc(F)ccc3o2)O1. The molecular weight excluding hydrogens is 233 g/mol. The minimum absolute atomic E-state index is 0.00888. The molecule has 0 radical (unpaired) electrons. The molecule has 0 spiro atoms. The Kier molecular flexibility index (Phi) is 2.84. The van der Waals surface area contributed by atoms with Crippen LogP contribution in [0.4, 0.5) is 4.39 Å². The molecule has 18 heavy (non-hydrogen) atoms. The van der Waals surface area contributed by atoms with Crippen molar-refractivity contribution < 1.29 is 13.5 Å². The van der Waals surface area contributed by atoms with Gasteiger partial charge in [0.2, 0.25) is 0 Å². The van der Waals surface area contributed by atoms with E-state index in [1.54, 1.807) is 12.1 Å². The topological polar surface area (TPSA) is 48.4 Å². The Hall–Kier alpha value is -1.39. The average Bonchev–Trinajstić information content (AvgIpc) is 2.93. The van der Waals surface area contributed by atoms with Crippen molar-refractivity contribution in [2.45, 2.75) is 38.0 Å². The summed E-state index contributed by atoms with van der Waals surface area (Å²) in [5, 5.41) is 0.742. The third kappa shape index (κ3) is 2.02. The number of ether oxygens (including phenoxy) is 1. The maximum absolute atomic E-state index is 13.1. The van der Waals surface area contributed by atoms with E-state index in [2.05, 4.69) is 0 Å². The van der Waals surface area contributed by atoms with Gasteiger partial charge in [-0.05, 0) is 44.0 Å². The highest BCUT2D eigenvalue weighted by atomic mass is 19.1. The molecule has 1 aliphatic heterocycles. The van der Waals surface area contributed by atoms with Gasteiger partial charge in [0.05, 0.1) is 18.2 Å². The van der Waals surface area contributed by atoms with E-state index in [1.807, 2.05) is 6.92 Å². The largest absolute Gasteiger partial charge is 0.459 e. The first-order valence-corrected chi connectivity index (χ1v) is 6.23. The van der Waals surface area contributed by atoms with Crippen molar-refractivity contribution in [1.82, 2.24) is 0 Å². The third-order valence-corrected chi connectivity index (χ3v) is 3.49. The number of hydrogen-bond donors (Lipinski definition) is 1. The first kappa shape index (κ1) is 11.7. The number of fused-ring (bicyclic) bond motifs is 1. The second kappa shape index (κ2) is 4.37. The fraction of sp³-hybridized carbons (Fsp3) is 0.429. The van der Waals surface area contributed by atoms with E-state index in [0.29, 0.717) is 11.3 Å². The fourth-order valence-corrected chi connectivity index (χ4v) is 2.48. The lowest BCUT2D eigenvalue weighted by Gasteiger charge is -2.16. The molecule has 0 amide bonds. The average molecular weight is 249 g/mol. The Morgan fingerprint density at radius 2 is 2.17 bits per heavy atom. The van der Waals surface area contributed by atoms with E-state index in [9.17, 15) is 4.39 Å². The van der Waals surface area contributed by atoms with E-state index >= 15 is 0 Å². The van der Waals surface area contributed by atoms with Gasteiger partial charge in [0.15, 0.2) is 0 Å². The van der Waals surface area contributed by atoms with E-state index in [-0.39, 0.29) is 24.1 Å². The zero-order chi connectivity index (χ0) is 12.7. The maximum Gasteiger partial charge on any atom is 0.134 e. The van der Waals surface area contributed by atoms with Crippen molar-refractivity contribution in [2.24, 2.45) is 5.73 Å². The molecule has 3 atom stereocenters. The van der Waals surface area contributed by atoms with Crippen LogP contribution < -0.4 is 5.73 Å². The molecular formula is C14H16FNO2. The van der Waals surface area contributed by atoms with Crippen molar-refractivity contribution in [2.75, 3.05) is 0 Å². The molecule has 0 aliphatic carbocycles. The molecule has 3 unspecified atom stereocenters. The summed E-state index contributed by atoms with van der Waals surface area (Å²) in [6.45, 7) is 2.04. The van der Waals surface area contributed by atoms with Crippen LogP contribution in [0.5, 0.6) is 0 Å². The maximum atomic E-state index is 13.1. The normalized spacial score (nSPS) is 25.7. The number of furan rings is 1. The summed E-state index contributed by atoms with van der Waals surface area (Å²) in [5.74, 6) is 0.392. The summed E-state index contributed by atoms with van der Waals surface area (Å²) in [7, 11) is 0. The molecule has 1 aromatic heterocycles. The van der Waals surface area contributed by atoms with Crippen molar-refractivity contribution >= 4 is 11.0 Å². The van der Waals surface area contributed by atoms with Gasteiger partial charge in [-0.25, -0.2) is 4.39 Å². The van der Waals surface area contributed by atoms with Gasteiger partial charge >= 0.3 is 0 Å². The zero-order valence-corrected chi connectivity index (χ0v) is 10.2. The van der Waals surface area contributed by atoms with Gasteiger partial charge in [-0.2, -0.15) is 0 Å². The smallest absolute Gasteiger partial charge is 0.134 e. The molecule has 2 heterocycles. The molecule has 1 fully saturated rings. The van der Waals surface area contributed by atoms with E-state index < -0.39 is 0 Å². The summed E-state index contributed by atoms with van der Waals surface area (Å²) in [5.41, 5.74) is 6.81. The van der Waals surface area contributed by atoms with Gasteiger partial charge in [-0.15, -0.1) is 0 Å². The molecule has 3 rings (SSSR count). The number of nitrogens with two attached hydrogens (primary N) is 1. The lowest BCUT2D eigenvalue weighted by atomic mass is 10.1. The van der Waals surface area contributed by atoms with Gasteiger partial charge in [0.25, 0.3) is 0 Å². The molecule has 3 nitrogen and oxygen atoms in total. The summed E-state index contributed by atoms with van der Waals surface area (Å²) in [4.78, 5) is 0. The van der Waals surface area contributed by atoms with Crippen molar-refractivity contribution in [3.05, 3.63) is 35.8 Å². The van der Waals surface area contributed by atoms with Gasteiger partial charge < -0.3 is 14.9 Å². The van der Waals surface area contributed by atoms with Crippen LogP contribution in [0.3, 0.4) is 0 Å². The highest BCUT2D eigenvalue weighted by molar-refractivity contribution is 5.78. The predicted molar refractivity (Wildman–Crippen MR) is 66.7 cm³/mol. The number of rotatable bonds is 2. The van der Waals surface area contributed by atoms with Crippen molar-refractivity contribution in [3.8, 4) is 0 Å². The summed E-state index contributed by atoms with van der Waals surface area (Å²) in [6, 6.07) is 5.97. The molecule has 0 saturated carbocycles. The lowest BCUT2D eigenvalue weighted by Crippen LogP contribution is -2.25. The molecule has 4 heteroatoms. The van der Waals surface area contributed by atoms with Crippen LogP contribution >= 0.6 is 0 Å². The minimum atomic E-state index is -0.287. The molecule has 96 valence electrons. The van der Waals surface area contributed by atoms with Crippen LogP contribution in [-0.4, -0.2) is 12.2 Å². The summed E-state index contributed by atoms with van der Waals surface area (Å²) in [6.07, 6.45) is 2.20. The lowest BCUT2D eigenvalue weighted by molar-refractivity contribution is 0.0362. The van der Waals surface area contributed by atoms with Crippen LogP contribution in [0.15, 0.2) is 28.7 Å². The fourth-order valence-electron chi connectivity index (χ4n) is 2.48. The summed E-state index contributed by atoms with van der Waals surface area (Å²) >= 11 is 0. The van der Waals surface area contributed by atoms with E-state index in [4.69, 9.17) is 14.9 Å². The predicted octanol–water partition coefficient (Wildman–Crippen LogP) is 3.14. The van der Waals surface area contributed by atoms with Crippen LogP contribution in [0.25, 0.3) is 11.0 Å². The Morgan fingerprint density at radius 1 is 1.33 bits per heavy atom. The highest BCUT2D eigenvalue weighted by Gasteiger charge is 2.30. The van der Waals surface area contributed by atoms with E-state index in [1.165, 1.54) is 12.1 Å². The Bertz CT molecular complexity index is 566. The molecule has 2 aromatic rings. The Balaban J connectivity index is 1.89. The quantitative estimate of drug-likeness (QED) is 0.889. The van der Waals surface area contributed by atoms with Crippen LogP contribution in [0, 0.1) is 5.82 Å². The standard InChI is InChI=1S/C14H16FNO2/c1-8-2-4-12(17-8)14(16)13-7-9-6-10(15)3-5-11(9)18-13/h3,5-8,12,14H,2,4,16H2,1H3. The van der Waals surface area contributed by atoms with Gasteiger partial charge in [0, 0.05) is 5.39 Å². The number of benzene rings is 1. The van der Waals surface area contributed by atoms with Gasteiger partial charge in [-0.3, -0.25) is 0 Å². The highest BCUT2D eigenvalue weighted by Crippen LogP contribution is 2.31. The Morgan fingerprint density at radius 3 is 2.89 bits per heavy atom. The first-order chi connectivity index (χ1) is 8.63. The second-order valence-corrected chi connectivity index (χ2v) is 4.92. The molecule has 1 saturated heterocycles. The van der Waals surface area contributed by atoms with E-state index in [0.717, 1.165) is 18.2 Å².